The van der Waals surface area contributed by atoms with Gasteiger partial charge in [-0.2, -0.15) is 0 Å². The molecule has 0 saturated heterocycles. The van der Waals surface area contributed by atoms with E-state index in [-0.39, 0.29) is 5.78 Å². The minimum absolute atomic E-state index is 0.0520. The zero-order valence-corrected chi connectivity index (χ0v) is 11.3. The summed E-state index contributed by atoms with van der Waals surface area (Å²) in [4.78, 5) is 15.8. The molecule has 0 aliphatic heterocycles. The van der Waals surface area contributed by atoms with Gasteiger partial charge in [0.15, 0.2) is 5.78 Å². The van der Waals surface area contributed by atoms with Crippen molar-refractivity contribution in [3.05, 3.63) is 11.8 Å². The zero-order chi connectivity index (χ0) is 12.6. The highest BCUT2D eigenvalue weighted by atomic mass is 16.1. The van der Waals surface area contributed by atoms with Crippen LogP contribution in [0.2, 0.25) is 0 Å². The van der Waals surface area contributed by atoms with Gasteiger partial charge in [0.05, 0.1) is 0 Å². The Bertz CT molecular complexity index is 276. The first kappa shape index (κ1) is 15.1. The molecule has 0 heterocycles. The van der Waals surface area contributed by atoms with E-state index in [9.17, 15) is 4.79 Å². The lowest BCUT2D eigenvalue weighted by Crippen LogP contribution is -2.11. The summed E-state index contributed by atoms with van der Waals surface area (Å²) in [6.07, 6.45) is 6.33. The van der Waals surface area contributed by atoms with Crippen LogP contribution in [0.4, 0.5) is 0 Å². The van der Waals surface area contributed by atoms with Crippen molar-refractivity contribution in [2.75, 3.05) is 0 Å². The van der Waals surface area contributed by atoms with Crippen LogP contribution in [0.1, 0.15) is 60.3 Å². The third-order valence-electron chi connectivity index (χ3n) is 2.82. The van der Waals surface area contributed by atoms with Crippen LogP contribution in [-0.2, 0) is 4.79 Å². The molecule has 0 aromatic heterocycles. The molecule has 0 spiro atoms. The summed E-state index contributed by atoms with van der Waals surface area (Å²) in [5.41, 5.74) is 1.75. The molecule has 0 fully saturated rings. The number of nitrogens with zero attached hydrogens (tertiary/aromatic N) is 1. The molecule has 1 atom stereocenters. The molecule has 1 unspecified atom stereocenters. The van der Waals surface area contributed by atoms with Gasteiger partial charge >= 0.3 is 0 Å². The first-order valence-corrected chi connectivity index (χ1v) is 6.31. The van der Waals surface area contributed by atoms with Crippen LogP contribution < -0.4 is 0 Å². The first-order chi connectivity index (χ1) is 7.56. The summed E-state index contributed by atoms with van der Waals surface area (Å²) < 4.78 is 0. The quantitative estimate of drug-likeness (QED) is 0.471. The maximum atomic E-state index is 11.3. The lowest BCUT2D eigenvalue weighted by Gasteiger charge is -2.13. The maximum absolute atomic E-state index is 11.3. The minimum atomic E-state index is 0.0520. The molecule has 0 amide bonds. The summed E-state index contributed by atoms with van der Waals surface area (Å²) >= 11 is 0. The Labute approximate surface area is 99.9 Å². The number of ketones is 1. The van der Waals surface area contributed by atoms with Crippen molar-refractivity contribution in [1.82, 2.24) is 0 Å². The van der Waals surface area contributed by atoms with Crippen LogP contribution in [-0.4, -0.2) is 11.5 Å². The first-order valence-electron chi connectivity index (χ1n) is 6.31. The van der Waals surface area contributed by atoms with Gasteiger partial charge in [-0.15, -0.1) is 0 Å². The molecule has 0 aromatic carbocycles. The standard InChI is InChI=1S/C14H25NO/c1-6-9-10-11(4)13(7-2)15-14(8-3)12(5)16/h8,11H,6-7,9-10H2,1-5H3/b14-8-,15-13?. The van der Waals surface area contributed by atoms with Crippen LogP contribution in [0, 0.1) is 5.92 Å². The molecule has 0 aromatic rings. The van der Waals surface area contributed by atoms with E-state index in [1.807, 2.05) is 6.92 Å². The molecular formula is C14H25NO. The monoisotopic (exact) mass is 223 g/mol. The fraction of sp³-hybridized carbons (Fsp3) is 0.714. The lowest BCUT2D eigenvalue weighted by atomic mass is 9.97. The second-order valence-corrected chi connectivity index (χ2v) is 4.23. The molecule has 2 nitrogen and oxygen atoms in total. The molecule has 16 heavy (non-hydrogen) atoms. The second-order valence-electron chi connectivity index (χ2n) is 4.23. The number of carbonyl (C=O) groups excluding carboxylic acids is 1. The van der Waals surface area contributed by atoms with E-state index < -0.39 is 0 Å². The van der Waals surface area contributed by atoms with Gasteiger partial charge in [-0.1, -0.05) is 39.7 Å². The number of allylic oxidation sites excluding steroid dienone is 2. The van der Waals surface area contributed by atoms with Crippen molar-refractivity contribution in [3.63, 3.8) is 0 Å². The van der Waals surface area contributed by atoms with Crippen LogP contribution in [0.5, 0.6) is 0 Å². The largest absolute Gasteiger partial charge is 0.293 e. The van der Waals surface area contributed by atoms with Crippen molar-refractivity contribution >= 4 is 11.5 Å². The van der Waals surface area contributed by atoms with Crippen LogP contribution >= 0.6 is 0 Å². The zero-order valence-electron chi connectivity index (χ0n) is 11.3. The predicted octanol–water partition coefficient (Wildman–Crippen LogP) is 4.16. The van der Waals surface area contributed by atoms with E-state index in [1.54, 1.807) is 13.0 Å². The fourth-order valence-corrected chi connectivity index (χ4v) is 1.72. The van der Waals surface area contributed by atoms with Gasteiger partial charge in [0.2, 0.25) is 0 Å². The average Bonchev–Trinajstić information content (AvgIpc) is 2.27. The minimum Gasteiger partial charge on any atom is -0.293 e. The third-order valence-corrected chi connectivity index (χ3v) is 2.82. The Morgan fingerprint density at radius 2 is 2.00 bits per heavy atom. The molecule has 0 N–H and O–H groups in total. The Balaban J connectivity index is 4.69. The van der Waals surface area contributed by atoms with E-state index in [0.29, 0.717) is 11.6 Å². The number of hydrogen-bond acceptors (Lipinski definition) is 2. The molecule has 2 heteroatoms. The molecule has 0 bridgehead atoms. The highest BCUT2D eigenvalue weighted by Gasteiger charge is 2.10. The van der Waals surface area contributed by atoms with Crippen molar-refractivity contribution in [1.29, 1.82) is 0 Å². The van der Waals surface area contributed by atoms with Gasteiger partial charge in [-0.05, 0) is 25.7 Å². The van der Waals surface area contributed by atoms with E-state index in [0.717, 1.165) is 18.6 Å². The molecule has 0 rings (SSSR count). The van der Waals surface area contributed by atoms with Crippen molar-refractivity contribution in [2.45, 2.75) is 60.3 Å². The number of aliphatic imine (C=N–C) groups is 1. The van der Waals surface area contributed by atoms with Gasteiger partial charge in [0, 0.05) is 12.6 Å². The highest BCUT2D eigenvalue weighted by Crippen LogP contribution is 2.14. The summed E-state index contributed by atoms with van der Waals surface area (Å²) in [6.45, 7) is 9.94. The van der Waals surface area contributed by atoms with Gasteiger partial charge in [0.25, 0.3) is 0 Å². The summed E-state index contributed by atoms with van der Waals surface area (Å²) in [6, 6.07) is 0. The highest BCUT2D eigenvalue weighted by molar-refractivity contribution is 5.97. The van der Waals surface area contributed by atoms with Gasteiger partial charge < -0.3 is 0 Å². The molecule has 0 aliphatic carbocycles. The van der Waals surface area contributed by atoms with Gasteiger partial charge in [0.1, 0.15) is 5.70 Å². The van der Waals surface area contributed by atoms with E-state index in [1.165, 1.54) is 12.8 Å². The second kappa shape index (κ2) is 8.26. The average molecular weight is 223 g/mol. The lowest BCUT2D eigenvalue weighted by molar-refractivity contribution is -0.113. The Hall–Kier alpha value is -0.920. The molecule has 92 valence electrons. The van der Waals surface area contributed by atoms with E-state index in [2.05, 4.69) is 25.8 Å². The Morgan fingerprint density at radius 1 is 1.38 bits per heavy atom. The maximum Gasteiger partial charge on any atom is 0.177 e. The normalized spacial score (nSPS) is 15.1. The summed E-state index contributed by atoms with van der Waals surface area (Å²) in [7, 11) is 0. The number of rotatable bonds is 7. The Morgan fingerprint density at radius 3 is 2.38 bits per heavy atom. The fourth-order valence-electron chi connectivity index (χ4n) is 1.72. The SMILES string of the molecule is C/C=C(\N=C(CC)C(C)CCCC)C(C)=O. The summed E-state index contributed by atoms with van der Waals surface area (Å²) in [5, 5.41) is 0. The number of hydrogen-bond donors (Lipinski definition) is 0. The van der Waals surface area contributed by atoms with E-state index >= 15 is 0 Å². The van der Waals surface area contributed by atoms with Crippen molar-refractivity contribution < 1.29 is 4.79 Å². The van der Waals surface area contributed by atoms with Crippen LogP contribution in [0.3, 0.4) is 0 Å². The van der Waals surface area contributed by atoms with Gasteiger partial charge in [-0.25, -0.2) is 0 Å². The number of carbonyl (C=O) groups is 1. The molecule has 0 saturated carbocycles. The molecule has 0 radical (unpaired) electrons. The van der Waals surface area contributed by atoms with Crippen molar-refractivity contribution in [3.8, 4) is 0 Å². The van der Waals surface area contributed by atoms with Crippen LogP contribution in [0.25, 0.3) is 0 Å². The third kappa shape index (κ3) is 5.24. The molecule has 0 aliphatic rings. The number of unbranched alkanes of at least 4 members (excludes halogenated alkanes) is 1. The predicted molar refractivity (Wildman–Crippen MR) is 70.9 cm³/mol. The van der Waals surface area contributed by atoms with Crippen molar-refractivity contribution in [2.24, 2.45) is 10.9 Å². The Kier molecular flexibility index (Phi) is 7.78. The number of Topliss-reactive ketones (excluding diaryl/α,β-unsaturated/α-hetero) is 1. The topological polar surface area (TPSA) is 29.4 Å². The van der Waals surface area contributed by atoms with Crippen LogP contribution in [0.15, 0.2) is 16.8 Å². The van der Waals surface area contributed by atoms with E-state index in [4.69, 9.17) is 0 Å². The smallest absolute Gasteiger partial charge is 0.177 e. The van der Waals surface area contributed by atoms with Gasteiger partial charge in [-0.3, -0.25) is 9.79 Å². The summed E-state index contributed by atoms with van der Waals surface area (Å²) in [5.74, 6) is 0.537. The molecular weight excluding hydrogens is 198 g/mol.